The molecule has 2 unspecified atom stereocenters. The van der Waals surface area contributed by atoms with Crippen LogP contribution in [-0.2, 0) is 14.3 Å². The Kier molecular flexibility index (Phi) is 7.23. The minimum atomic E-state index is -0.542. The largest absolute Gasteiger partial charge is 0.465 e. The van der Waals surface area contributed by atoms with Gasteiger partial charge in [0.2, 0.25) is 0 Å². The highest BCUT2D eigenvalue weighted by Gasteiger charge is 2.30. The van der Waals surface area contributed by atoms with Gasteiger partial charge < -0.3 is 14.6 Å². The SMILES string of the molecule is CCOCC(O)CN1CCCCC1C(=O)OCC. The summed E-state index contributed by atoms with van der Waals surface area (Å²) >= 11 is 0. The molecule has 0 aliphatic carbocycles. The third-order valence-electron chi connectivity index (χ3n) is 3.13. The van der Waals surface area contributed by atoms with Gasteiger partial charge in [0.1, 0.15) is 6.04 Å². The Morgan fingerprint density at radius 2 is 2.17 bits per heavy atom. The first kappa shape index (κ1) is 15.4. The number of carbonyl (C=O) groups excluding carboxylic acids is 1. The van der Waals surface area contributed by atoms with E-state index in [2.05, 4.69) is 0 Å². The molecule has 0 saturated carbocycles. The number of aliphatic hydroxyl groups is 1. The van der Waals surface area contributed by atoms with Crippen LogP contribution >= 0.6 is 0 Å². The fourth-order valence-corrected chi connectivity index (χ4v) is 2.29. The number of hydrogen-bond acceptors (Lipinski definition) is 5. The van der Waals surface area contributed by atoms with Crippen LogP contribution in [0.15, 0.2) is 0 Å². The monoisotopic (exact) mass is 259 g/mol. The smallest absolute Gasteiger partial charge is 0.323 e. The highest BCUT2D eigenvalue weighted by atomic mass is 16.5. The van der Waals surface area contributed by atoms with Gasteiger partial charge in [0.15, 0.2) is 0 Å². The molecule has 0 aromatic carbocycles. The zero-order chi connectivity index (χ0) is 13.4. The quantitative estimate of drug-likeness (QED) is 0.685. The van der Waals surface area contributed by atoms with Gasteiger partial charge in [-0.25, -0.2) is 0 Å². The van der Waals surface area contributed by atoms with Gasteiger partial charge in [-0.15, -0.1) is 0 Å². The van der Waals surface area contributed by atoms with Gasteiger partial charge in [-0.05, 0) is 33.2 Å². The first-order valence-electron chi connectivity index (χ1n) is 6.85. The second-order valence-electron chi connectivity index (χ2n) is 4.57. The number of rotatable bonds is 7. The van der Waals surface area contributed by atoms with E-state index in [-0.39, 0.29) is 12.0 Å². The Balaban J connectivity index is 2.46. The van der Waals surface area contributed by atoms with Gasteiger partial charge >= 0.3 is 5.97 Å². The Bertz CT molecular complexity index is 247. The summed E-state index contributed by atoms with van der Waals surface area (Å²) in [6.07, 6.45) is 2.39. The van der Waals surface area contributed by atoms with E-state index in [9.17, 15) is 9.90 Å². The molecule has 2 atom stereocenters. The molecule has 0 radical (unpaired) electrons. The van der Waals surface area contributed by atoms with Crippen LogP contribution in [0.25, 0.3) is 0 Å². The lowest BCUT2D eigenvalue weighted by molar-refractivity contribution is -0.151. The maximum absolute atomic E-state index is 11.8. The fourth-order valence-electron chi connectivity index (χ4n) is 2.29. The molecular weight excluding hydrogens is 234 g/mol. The second kappa shape index (κ2) is 8.45. The maximum atomic E-state index is 11.8. The van der Waals surface area contributed by atoms with Crippen molar-refractivity contribution < 1.29 is 19.4 Å². The molecule has 1 saturated heterocycles. The minimum absolute atomic E-state index is 0.166. The highest BCUT2D eigenvalue weighted by Crippen LogP contribution is 2.18. The molecule has 1 heterocycles. The predicted molar refractivity (Wildman–Crippen MR) is 68.3 cm³/mol. The molecular formula is C13H25NO4. The van der Waals surface area contributed by atoms with Crippen LogP contribution in [0.1, 0.15) is 33.1 Å². The number of nitrogens with zero attached hydrogens (tertiary/aromatic N) is 1. The highest BCUT2D eigenvalue weighted by molar-refractivity contribution is 5.75. The van der Waals surface area contributed by atoms with E-state index in [0.717, 1.165) is 25.8 Å². The Labute approximate surface area is 109 Å². The Morgan fingerprint density at radius 3 is 2.83 bits per heavy atom. The normalized spacial score (nSPS) is 22.7. The van der Waals surface area contributed by atoms with E-state index >= 15 is 0 Å². The summed E-state index contributed by atoms with van der Waals surface area (Å²) in [5.74, 6) is -0.166. The van der Waals surface area contributed by atoms with E-state index in [1.165, 1.54) is 0 Å². The number of carbonyl (C=O) groups is 1. The van der Waals surface area contributed by atoms with Gasteiger partial charge in [-0.1, -0.05) is 6.42 Å². The first-order valence-corrected chi connectivity index (χ1v) is 6.85. The van der Waals surface area contributed by atoms with Crippen LogP contribution < -0.4 is 0 Å². The zero-order valence-electron chi connectivity index (χ0n) is 11.4. The predicted octanol–water partition coefficient (Wildman–Crippen LogP) is 0.801. The number of esters is 1. The summed E-state index contributed by atoms with van der Waals surface area (Å²) in [4.78, 5) is 13.8. The van der Waals surface area contributed by atoms with E-state index in [4.69, 9.17) is 9.47 Å². The lowest BCUT2D eigenvalue weighted by Crippen LogP contribution is -2.49. The first-order chi connectivity index (χ1) is 8.69. The molecule has 1 N–H and O–H groups in total. The standard InChI is InChI=1S/C13H25NO4/c1-3-17-10-11(15)9-14-8-6-5-7-12(14)13(16)18-4-2/h11-12,15H,3-10H2,1-2H3. The minimum Gasteiger partial charge on any atom is -0.465 e. The van der Waals surface area contributed by atoms with Crippen LogP contribution in [0.4, 0.5) is 0 Å². The summed E-state index contributed by atoms with van der Waals surface area (Å²) in [5.41, 5.74) is 0. The number of aliphatic hydroxyl groups excluding tert-OH is 1. The summed E-state index contributed by atoms with van der Waals surface area (Å²) < 4.78 is 10.3. The van der Waals surface area contributed by atoms with Crippen molar-refractivity contribution in [3.63, 3.8) is 0 Å². The van der Waals surface area contributed by atoms with Crippen molar-refractivity contribution >= 4 is 5.97 Å². The molecule has 106 valence electrons. The Hall–Kier alpha value is -0.650. The van der Waals surface area contributed by atoms with Crippen molar-refractivity contribution in [3.05, 3.63) is 0 Å². The van der Waals surface area contributed by atoms with Gasteiger partial charge in [0.05, 0.1) is 19.3 Å². The molecule has 1 aliphatic heterocycles. The van der Waals surface area contributed by atoms with E-state index in [0.29, 0.717) is 26.4 Å². The molecule has 5 heteroatoms. The molecule has 1 aliphatic rings. The van der Waals surface area contributed by atoms with Crippen LogP contribution in [-0.4, -0.2) is 61.0 Å². The lowest BCUT2D eigenvalue weighted by Gasteiger charge is -2.35. The second-order valence-corrected chi connectivity index (χ2v) is 4.57. The Morgan fingerprint density at radius 1 is 1.39 bits per heavy atom. The summed E-state index contributed by atoms with van der Waals surface area (Å²) in [7, 11) is 0. The average molecular weight is 259 g/mol. The molecule has 0 aromatic rings. The number of β-amino-alcohol motifs (C(OH)–C–C–N with tert-alkyl or cyclic N) is 1. The van der Waals surface area contributed by atoms with Crippen LogP contribution in [0.5, 0.6) is 0 Å². The van der Waals surface area contributed by atoms with E-state index in [1.807, 2.05) is 18.7 Å². The summed E-state index contributed by atoms with van der Waals surface area (Å²) in [6, 6.07) is -0.199. The molecule has 1 rings (SSSR count). The van der Waals surface area contributed by atoms with Gasteiger partial charge in [-0.2, -0.15) is 0 Å². The third-order valence-corrected chi connectivity index (χ3v) is 3.13. The van der Waals surface area contributed by atoms with Gasteiger partial charge in [0.25, 0.3) is 0 Å². The van der Waals surface area contributed by atoms with Crippen LogP contribution in [0, 0.1) is 0 Å². The topological polar surface area (TPSA) is 59.0 Å². The molecule has 1 fully saturated rings. The fraction of sp³-hybridized carbons (Fsp3) is 0.923. The summed E-state index contributed by atoms with van der Waals surface area (Å²) in [6.45, 7) is 6.35. The van der Waals surface area contributed by atoms with Crippen molar-refractivity contribution in [2.45, 2.75) is 45.3 Å². The van der Waals surface area contributed by atoms with Crippen LogP contribution in [0.2, 0.25) is 0 Å². The molecule has 0 aromatic heterocycles. The molecule has 18 heavy (non-hydrogen) atoms. The molecule has 0 bridgehead atoms. The zero-order valence-corrected chi connectivity index (χ0v) is 11.4. The number of piperidine rings is 1. The van der Waals surface area contributed by atoms with Gasteiger partial charge in [0, 0.05) is 13.2 Å². The van der Waals surface area contributed by atoms with Crippen LogP contribution in [0.3, 0.4) is 0 Å². The number of likely N-dealkylation sites (tertiary alicyclic amines) is 1. The average Bonchev–Trinajstić information content (AvgIpc) is 2.37. The van der Waals surface area contributed by atoms with E-state index in [1.54, 1.807) is 0 Å². The van der Waals surface area contributed by atoms with Gasteiger partial charge in [-0.3, -0.25) is 9.69 Å². The molecule has 5 nitrogen and oxygen atoms in total. The van der Waals surface area contributed by atoms with Crippen molar-refractivity contribution in [2.24, 2.45) is 0 Å². The number of ether oxygens (including phenoxy) is 2. The number of hydrogen-bond donors (Lipinski definition) is 1. The molecule has 0 spiro atoms. The van der Waals surface area contributed by atoms with E-state index < -0.39 is 6.10 Å². The molecule has 0 amide bonds. The van der Waals surface area contributed by atoms with Crippen molar-refractivity contribution in [1.29, 1.82) is 0 Å². The summed E-state index contributed by atoms with van der Waals surface area (Å²) in [5, 5.41) is 9.84. The van der Waals surface area contributed by atoms with Crippen molar-refractivity contribution in [1.82, 2.24) is 4.90 Å². The van der Waals surface area contributed by atoms with Crippen molar-refractivity contribution in [3.8, 4) is 0 Å². The van der Waals surface area contributed by atoms with Crippen molar-refractivity contribution in [2.75, 3.05) is 32.9 Å². The maximum Gasteiger partial charge on any atom is 0.323 e. The third kappa shape index (κ3) is 4.92. The lowest BCUT2D eigenvalue weighted by atomic mass is 10.0.